The first-order valence-electron chi connectivity index (χ1n) is 22.1. The van der Waals surface area contributed by atoms with E-state index in [1.54, 1.807) is 4.90 Å². The second-order valence-electron chi connectivity index (χ2n) is 16.7. The largest absolute Gasteiger partial charge is 0.508 e. The molecule has 1 aliphatic carbocycles. The summed E-state index contributed by atoms with van der Waals surface area (Å²) in [5.74, 6) is 1.98. The van der Waals surface area contributed by atoms with Crippen molar-refractivity contribution in [2.45, 2.75) is 90.4 Å². The van der Waals surface area contributed by atoms with Crippen LogP contribution in [-0.2, 0) is 11.4 Å². The summed E-state index contributed by atoms with van der Waals surface area (Å²) in [5, 5.41) is 11.9. The molecule has 2 saturated heterocycles. The molecule has 0 spiro atoms. The molecule has 3 fully saturated rings. The molecule has 4 heterocycles. The molecule has 0 radical (unpaired) electrons. The maximum absolute atomic E-state index is 16.2. The molecule has 2 aromatic heterocycles. The number of fused-ring (bicyclic) bond motifs is 3. The van der Waals surface area contributed by atoms with E-state index in [0.717, 1.165) is 4.90 Å². The molecule has 304 valence electrons. The van der Waals surface area contributed by atoms with Crippen LogP contribution in [0.5, 0.6) is 11.8 Å². The highest BCUT2D eigenvalue weighted by Gasteiger charge is 2.56. The first-order chi connectivity index (χ1) is 29.1. The third kappa shape index (κ3) is 7.27. The zero-order valence-corrected chi connectivity index (χ0v) is 34.4. The van der Waals surface area contributed by atoms with Crippen molar-refractivity contribution >= 4 is 35.6 Å². The number of hydrogen-bond acceptors (Lipinski definition) is 8. The van der Waals surface area contributed by atoms with Crippen LogP contribution in [0.2, 0.25) is 16.6 Å². The summed E-state index contributed by atoms with van der Waals surface area (Å²) in [5.41, 5.74) is 2.38. The maximum Gasteiger partial charge on any atom is 0.318 e. The summed E-state index contributed by atoms with van der Waals surface area (Å²) in [4.78, 5) is 16.6. The van der Waals surface area contributed by atoms with Gasteiger partial charge in [0.15, 0.2) is 0 Å². The van der Waals surface area contributed by atoms with Crippen LogP contribution in [0, 0.1) is 28.6 Å². The Bertz CT molecular complexity index is 2460. The molecule has 3 aliphatic rings. The molecule has 1 saturated carbocycles. The number of halogens is 4. The summed E-state index contributed by atoms with van der Waals surface area (Å²) in [7, 11) is -2.39. The fourth-order valence-corrected chi connectivity index (χ4v) is 14.5. The fourth-order valence-electron chi connectivity index (χ4n) is 9.28. The molecule has 57 heavy (non-hydrogen) atoms. The van der Waals surface area contributed by atoms with Crippen LogP contribution in [0.15, 0.2) is 42.4 Å². The lowest BCUT2D eigenvalue weighted by atomic mass is 9.78. The zero-order valence-electron chi connectivity index (χ0n) is 38.4. The molecular formula is C44H53F4N5O3Si. The number of phenols is 1. The van der Waals surface area contributed by atoms with Crippen LogP contribution in [0.1, 0.15) is 72.9 Å². The van der Waals surface area contributed by atoms with Crippen LogP contribution in [0.4, 0.5) is 23.4 Å². The van der Waals surface area contributed by atoms with E-state index in [0.29, 0.717) is 10.8 Å². The van der Waals surface area contributed by atoms with Crippen LogP contribution < -0.4 is 9.64 Å². The average Bonchev–Trinajstić information content (AvgIpc) is 3.89. The summed E-state index contributed by atoms with van der Waals surface area (Å²) >= 11 is 0. The van der Waals surface area contributed by atoms with E-state index in [2.05, 4.69) is 63.0 Å². The number of rotatable bonds is 9. The van der Waals surface area contributed by atoms with Gasteiger partial charge in [0.1, 0.15) is 44.9 Å². The number of aromatic hydroxyl groups is 1. The second kappa shape index (κ2) is 15.8. The van der Waals surface area contributed by atoms with Gasteiger partial charge in [-0.25, -0.2) is 17.6 Å². The molecule has 0 amide bonds. The average molecular weight is 809 g/mol. The SMILES string of the molecule is [2H]C([2H])([2H])N1CC/C(=C\F)[C@](C)(C([2H])([2H])Oc2nc(N3CCOC[C@H]4[C@H](F)[C@H]43)c3cnc(-c4cc(O)cc5ccc(F)c(C#C[Si](C(C)C)(C(C)C)C(C)C)c45)c(CF)c3n2)C1. The molecule has 1 N–H and O–H groups in total. The number of piperidine rings is 1. The standard InChI is InChI=1S/C44H53F4N5O3Si/c1-25(2)57(26(3)4,27(5)6)16-12-31-36(47)10-9-28-17-30(54)18-32(37(28)31)39-33(20-46)40-34(21-49-39)42(53-14-15-55-22-35-38(48)41(35)53)51-43(50-40)56-24-44(7)23-52(8)13-11-29(44)19-45/h9-10,17-19,21,25-27,35,38,41,54H,11,13-15,20,22-24H2,1-8H3/b29-19+/t35-,38-,41-,44-/m0/s1/i8D3,24D2. The lowest BCUT2D eigenvalue weighted by Gasteiger charge is -2.40. The number of aromatic nitrogens is 3. The maximum atomic E-state index is 16.2. The molecule has 7 rings (SSSR count). The van der Waals surface area contributed by atoms with Crippen molar-refractivity contribution in [2.24, 2.45) is 11.3 Å². The number of benzene rings is 2. The van der Waals surface area contributed by atoms with Crippen LogP contribution in [0.25, 0.3) is 32.9 Å². The number of likely N-dealkylation sites (tertiary alicyclic amines) is 1. The summed E-state index contributed by atoms with van der Waals surface area (Å²) < 4.78 is 116. The van der Waals surface area contributed by atoms with Crippen molar-refractivity contribution in [1.82, 2.24) is 19.9 Å². The Morgan fingerprint density at radius 2 is 1.91 bits per heavy atom. The lowest BCUT2D eigenvalue weighted by Crippen LogP contribution is -2.44. The predicted octanol–water partition coefficient (Wildman–Crippen LogP) is 9.48. The Hall–Kier alpha value is -4.25. The highest BCUT2D eigenvalue weighted by Crippen LogP contribution is 2.46. The summed E-state index contributed by atoms with van der Waals surface area (Å²) in [6, 6.07) is 4.31. The van der Waals surface area contributed by atoms with E-state index in [1.807, 2.05) is 0 Å². The molecule has 4 atom stereocenters. The highest BCUT2D eigenvalue weighted by molar-refractivity contribution is 6.90. The van der Waals surface area contributed by atoms with Crippen LogP contribution in [0.3, 0.4) is 0 Å². The molecule has 0 unspecified atom stereocenters. The fraction of sp³-hybridized carbons (Fsp3) is 0.523. The first-order valence-corrected chi connectivity index (χ1v) is 21.8. The van der Waals surface area contributed by atoms with Crippen LogP contribution >= 0.6 is 0 Å². The highest BCUT2D eigenvalue weighted by atomic mass is 28.3. The minimum Gasteiger partial charge on any atom is -0.508 e. The van der Waals surface area contributed by atoms with E-state index < -0.39 is 70.2 Å². The van der Waals surface area contributed by atoms with E-state index >= 15 is 13.2 Å². The van der Waals surface area contributed by atoms with E-state index in [9.17, 15) is 12.2 Å². The Morgan fingerprint density at radius 1 is 1.16 bits per heavy atom. The Balaban J connectivity index is 1.47. The lowest BCUT2D eigenvalue weighted by molar-refractivity contribution is 0.109. The van der Waals surface area contributed by atoms with E-state index in [1.165, 1.54) is 37.4 Å². The van der Waals surface area contributed by atoms with Gasteiger partial charge in [-0.2, -0.15) is 9.97 Å². The minimum atomic E-state index is -2.86. The molecule has 0 bridgehead atoms. The van der Waals surface area contributed by atoms with E-state index in [4.69, 9.17) is 18.6 Å². The number of nitrogens with zero attached hydrogens (tertiary/aromatic N) is 5. The minimum absolute atomic E-state index is 0.0182. The van der Waals surface area contributed by atoms with Gasteiger partial charge in [-0.3, -0.25) is 4.98 Å². The summed E-state index contributed by atoms with van der Waals surface area (Å²) in [6.07, 6.45) is 0.246. The normalized spacial score (nSPS) is 25.4. The molecular weight excluding hydrogens is 751 g/mol. The van der Waals surface area contributed by atoms with Crippen molar-refractivity contribution in [3.8, 4) is 34.5 Å². The Morgan fingerprint density at radius 3 is 2.60 bits per heavy atom. The number of pyridine rings is 1. The van der Waals surface area contributed by atoms with E-state index in [-0.39, 0.29) is 106 Å². The van der Waals surface area contributed by atoms with Crippen molar-refractivity contribution in [3.63, 3.8) is 0 Å². The van der Waals surface area contributed by atoms with Crippen molar-refractivity contribution in [3.05, 3.63) is 59.3 Å². The van der Waals surface area contributed by atoms with Gasteiger partial charge in [-0.1, -0.05) is 60.5 Å². The topological polar surface area (TPSA) is 83.8 Å². The number of hydrogen-bond donors (Lipinski definition) is 1. The van der Waals surface area contributed by atoms with Gasteiger partial charge in [0, 0.05) is 57.8 Å². The Labute approximate surface area is 340 Å². The molecule has 4 aromatic rings. The van der Waals surface area contributed by atoms with Crippen molar-refractivity contribution < 1.29 is 39.0 Å². The van der Waals surface area contributed by atoms with Crippen molar-refractivity contribution in [2.75, 3.05) is 51.3 Å². The zero-order chi connectivity index (χ0) is 45.3. The van der Waals surface area contributed by atoms with Gasteiger partial charge in [-0.15, -0.1) is 5.54 Å². The number of phenolic OH excluding ortho intramolecular Hbond substituents is 1. The molecule has 2 aliphatic heterocycles. The number of ether oxygens (including phenoxy) is 2. The first kappa shape index (κ1) is 34.8. The predicted molar refractivity (Wildman–Crippen MR) is 220 cm³/mol. The third-order valence-corrected chi connectivity index (χ3v) is 18.6. The third-order valence-electron chi connectivity index (χ3n) is 12.3. The van der Waals surface area contributed by atoms with Crippen molar-refractivity contribution in [1.29, 1.82) is 0 Å². The van der Waals surface area contributed by atoms with Gasteiger partial charge in [0.05, 0.1) is 50.5 Å². The van der Waals surface area contributed by atoms with Gasteiger partial charge >= 0.3 is 6.01 Å². The monoisotopic (exact) mass is 808 g/mol. The molecule has 8 nitrogen and oxygen atoms in total. The number of alkyl halides is 2. The van der Waals surface area contributed by atoms with Gasteiger partial charge in [-0.05, 0) is 59.2 Å². The second-order valence-corrected chi connectivity index (χ2v) is 22.3. The smallest absolute Gasteiger partial charge is 0.318 e. The molecule has 13 heteroatoms. The quantitative estimate of drug-likeness (QED) is 0.102. The molecule has 2 aromatic carbocycles. The van der Waals surface area contributed by atoms with Crippen LogP contribution in [-0.4, -0.2) is 91.6 Å². The summed E-state index contributed by atoms with van der Waals surface area (Å²) in [6.45, 7) is 7.53. The van der Waals surface area contributed by atoms with Gasteiger partial charge in [0.2, 0.25) is 0 Å². The van der Waals surface area contributed by atoms with Gasteiger partial charge in [0.25, 0.3) is 0 Å². The Kier molecular flexibility index (Phi) is 9.65. The van der Waals surface area contributed by atoms with Gasteiger partial charge < -0.3 is 24.4 Å². The number of anilines is 1.